The van der Waals surface area contributed by atoms with E-state index in [1.54, 1.807) is 44.2 Å². The van der Waals surface area contributed by atoms with E-state index in [0.29, 0.717) is 5.56 Å². The predicted octanol–water partition coefficient (Wildman–Crippen LogP) is 3.89. The summed E-state index contributed by atoms with van der Waals surface area (Å²) in [5.74, 6) is -1.36. The van der Waals surface area contributed by atoms with Crippen LogP contribution in [0.25, 0.3) is 11.4 Å². The standard InChI is InChI=1S/C32H37N7O6/c1-19(2)25(26(41)28-36-37-30(45-28)32(3,4)21-13-15-22(16-14-21)38(5)6)35-24(40)18-39-27(20-11-9-8-10-12-20)33-17-23(29(39)42)34-31(43)44-7/h8-17,19,25H,18H2,1-7H3,(H,34,43)(H,35,40)/t25-/m0/s1. The number of nitrogens with one attached hydrogen (secondary N) is 2. The van der Waals surface area contributed by atoms with E-state index in [1.807, 2.05) is 57.1 Å². The first kappa shape index (κ1) is 32.6. The van der Waals surface area contributed by atoms with Gasteiger partial charge in [-0.25, -0.2) is 9.78 Å². The maximum atomic E-state index is 13.6. The van der Waals surface area contributed by atoms with E-state index >= 15 is 0 Å². The molecule has 0 bridgehead atoms. The minimum atomic E-state index is -1.03. The zero-order valence-corrected chi connectivity index (χ0v) is 26.3. The van der Waals surface area contributed by atoms with Crippen LogP contribution < -0.4 is 21.1 Å². The van der Waals surface area contributed by atoms with Gasteiger partial charge in [0.1, 0.15) is 18.1 Å². The van der Waals surface area contributed by atoms with Crippen molar-refractivity contribution in [1.29, 1.82) is 0 Å². The summed E-state index contributed by atoms with van der Waals surface area (Å²) in [5.41, 5.74) is 0.967. The summed E-state index contributed by atoms with van der Waals surface area (Å²) in [5, 5.41) is 13.2. The molecule has 0 aliphatic carbocycles. The zero-order valence-electron chi connectivity index (χ0n) is 26.3. The van der Waals surface area contributed by atoms with Gasteiger partial charge in [0.25, 0.3) is 11.4 Å². The number of carbonyl (C=O) groups is 3. The lowest BCUT2D eigenvalue weighted by atomic mass is 9.84. The van der Waals surface area contributed by atoms with Gasteiger partial charge in [-0.3, -0.25) is 24.3 Å². The van der Waals surface area contributed by atoms with Gasteiger partial charge in [0, 0.05) is 25.3 Å². The van der Waals surface area contributed by atoms with Crippen molar-refractivity contribution in [2.24, 2.45) is 5.92 Å². The second-order valence-electron chi connectivity index (χ2n) is 11.5. The van der Waals surface area contributed by atoms with E-state index in [2.05, 4.69) is 30.6 Å². The van der Waals surface area contributed by atoms with Gasteiger partial charge in [-0.1, -0.05) is 56.3 Å². The highest BCUT2D eigenvalue weighted by molar-refractivity contribution is 5.98. The topological polar surface area (TPSA) is 162 Å². The van der Waals surface area contributed by atoms with E-state index < -0.39 is 41.3 Å². The van der Waals surface area contributed by atoms with Crippen LogP contribution in [0.5, 0.6) is 0 Å². The van der Waals surface area contributed by atoms with Gasteiger partial charge >= 0.3 is 6.09 Å². The molecule has 0 spiro atoms. The van der Waals surface area contributed by atoms with Crippen molar-refractivity contribution >= 4 is 29.2 Å². The fourth-order valence-corrected chi connectivity index (χ4v) is 4.61. The number of carbonyl (C=O) groups excluding carboxylic acids is 3. The summed E-state index contributed by atoms with van der Waals surface area (Å²) >= 11 is 0. The summed E-state index contributed by atoms with van der Waals surface area (Å²) in [7, 11) is 5.07. The van der Waals surface area contributed by atoms with Gasteiger partial charge < -0.3 is 19.4 Å². The Morgan fingerprint density at radius 2 is 1.69 bits per heavy atom. The van der Waals surface area contributed by atoms with Crippen molar-refractivity contribution in [1.82, 2.24) is 25.1 Å². The van der Waals surface area contributed by atoms with Crippen LogP contribution in [0.1, 0.15) is 49.8 Å². The lowest BCUT2D eigenvalue weighted by Gasteiger charge is -2.22. The SMILES string of the molecule is COC(=O)Nc1cnc(-c2ccccc2)n(CC(=O)N[C@H](C(=O)c2nnc(C(C)(C)c3ccc(N(C)C)cc3)o2)C(C)C)c1=O. The smallest absolute Gasteiger partial charge is 0.411 e. The summed E-state index contributed by atoms with van der Waals surface area (Å²) in [6, 6.07) is 15.7. The molecular weight excluding hydrogens is 578 g/mol. The molecule has 45 heavy (non-hydrogen) atoms. The Morgan fingerprint density at radius 3 is 2.29 bits per heavy atom. The molecule has 2 amide bonds. The first-order valence-electron chi connectivity index (χ1n) is 14.3. The monoisotopic (exact) mass is 615 g/mol. The third-order valence-corrected chi connectivity index (χ3v) is 7.34. The Hall–Kier alpha value is -5.33. The molecule has 2 aromatic heterocycles. The molecule has 2 N–H and O–H groups in total. The summed E-state index contributed by atoms with van der Waals surface area (Å²) in [4.78, 5) is 58.4. The number of nitrogens with zero attached hydrogens (tertiary/aromatic N) is 5. The van der Waals surface area contributed by atoms with Crippen LogP contribution in [-0.2, 0) is 21.5 Å². The van der Waals surface area contributed by atoms with Crippen molar-refractivity contribution in [2.75, 3.05) is 31.4 Å². The van der Waals surface area contributed by atoms with Gasteiger partial charge in [-0.15, -0.1) is 10.2 Å². The zero-order chi connectivity index (χ0) is 32.9. The Kier molecular flexibility index (Phi) is 9.80. The summed E-state index contributed by atoms with van der Waals surface area (Å²) in [6.45, 7) is 6.87. The minimum Gasteiger partial charge on any atom is -0.453 e. The molecule has 4 rings (SSSR count). The van der Waals surface area contributed by atoms with E-state index in [0.717, 1.165) is 22.9 Å². The van der Waals surface area contributed by atoms with Crippen LogP contribution in [0, 0.1) is 5.92 Å². The van der Waals surface area contributed by atoms with Crippen molar-refractivity contribution < 1.29 is 23.5 Å². The number of rotatable bonds is 11. The molecule has 0 saturated heterocycles. The lowest BCUT2D eigenvalue weighted by molar-refractivity contribution is -0.122. The molecule has 0 unspecified atom stereocenters. The van der Waals surface area contributed by atoms with Crippen molar-refractivity contribution in [3.8, 4) is 11.4 Å². The maximum absolute atomic E-state index is 13.6. The Bertz CT molecular complexity index is 1730. The fourth-order valence-electron chi connectivity index (χ4n) is 4.61. The number of Topliss-reactive ketones (excluding diaryl/α,β-unsaturated/α-hetero) is 1. The Balaban J connectivity index is 1.58. The summed E-state index contributed by atoms with van der Waals surface area (Å²) < 4.78 is 11.6. The highest BCUT2D eigenvalue weighted by Crippen LogP contribution is 2.32. The molecule has 0 radical (unpaired) electrons. The van der Waals surface area contributed by atoms with Crippen LogP contribution in [0.2, 0.25) is 0 Å². The summed E-state index contributed by atoms with van der Waals surface area (Å²) in [6.07, 6.45) is 0.331. The van der Waals surface area contributed by atoms with Crippen LogP contribution in [0.3, 0.4) is 0 Å². The van der Waals surface area contributed by atoms with Crippen LogP contribution in [0.4, 0.5) is 16.2 Å². The van der Waals surface area contributed by atoms with Gasteiger partial charge in [-0.05, 0) is 37.5 Å². The maximum Gasteiger partial charge on any atom is 0.411 e. The normalized spacial score (nSPS) is 12.0. The molecule has 13 heteroatoms. The number of benzene rings is 2. The molecule has 0 saturated carbocycles. The van der Waals surface area contributed by atoms with E-state index in [9.17, 15) is 19.2 Å². The molecule has 13 nitrogen and oxygen atoms in total. The largest absolute Gasteiger partial charge is 0.453 e. The molecular formula is C32H37N7O6. The van der Waals surface area contributed by atoms with E-state index in [4.69, 9.17) is 4.42 Å². The second kappa shape index (κ2) is 13.5. The second-order valence-corrected chi connectivity index (χ2v) is 11.5. The average molecular weight is 616 g/mol. The molecule has 0 fully saturated rings. The van der Waals surface area contributed by atoms with Crippen LogP contribution in [-0.4, -0.2) is 64.8 Å². The molecule has 0 aliphatic rings. The third-order valence-electron chi connectivity index (χ3n) is 7.34. The first-order chi connectivity index (χ1) is 21.3. The molecule has 1 atom stereocenters. The molecule has 4 aromatic rings. The highest BCUT2D eigenvalue weighted by atomic mass is 16.5. The van der Waals surface area contributed by atoms with Crippen molar-refractivity contribution in [2.45, 2.75) is 45.7 Å². The van der Waals surface area contributed by atoms with Crippen molar-refractivity contribution in [3.63, 3.8) is 0 Å². The third kappa shape index (κ3) is 7.25. The Morgan fingerprint density at radius 1 is 1.02 bits per heavy atom. The molecule has 2 aromatic carbocycles. The Labute approximate surface area is 260 Å². The van der Waals surface area contributed by atoms with Gasteiger partial charge in [-0.2, -0.15) is 0 Å². The molecule has 0 aliphatic heterocycles. The molecule has 2 heterocycles. The number of ether oxygens (including phenoxy) is 1. The molecule has 236 valence electrons. The van der Waals surface area contributed by atoms with Crippen LogP contribution in [0.15, 0.2) is 70.0 Å². The van der Waals surface area contributed by atoms with Gasteiger partial charge in [0.15, 0.2) is 0 Å². The number of hydrogen-bond acceptors (Lipinski definition) is 10. The number of aromatic nitrogens is 4. The number of ketones is 1. The van der Waals surface area contributed by atoms with Gasteiger partial charge in [0.2, 0.25) is 17.6 Å². The highest BCUT2D eigenvalue weighted by Gasteiger charge is 2.34. The fraction of sp³-hybridized carbons (Fsp3) is 0.344. The number of methoxy groups -OCH3 is 1. The number of amides is 2. The van der Waals surface area contributed by atoms with Crippen molar-refractivity contribution in [3.05, 3.63) is 88.5 Å². The quantitative estimate of drug-likeness (QED) is 0.237. The van der Waals surface area contributed by atoms with E-state index in [1.165, 1.54) is 6.20 Å². The van der Waals surface area contributed by atoms with E-state index in [-0.39, 0.29) is 29.2 Å². The first-order valence-corrected chi connectivity index (χ1v) is 14.3. The number of anilines is 2. The lowest BCUT2D eigenvalue weighted by Crippen LogP contribution is -2.46. The predicted molar refractivity (Wildman–Crippen MR) is 168 cm³/mol. The van der Waals surface area contributed by atoms with Gasteiger partial charge in [0.05, 0.1) is 24.8 Å². The van der Waals surface area contributed by atoms with Crippen LogP contribution >= 0.6 is 0 Å². The average Bonchev–Trinajstić information content (AvgIpc) is 3.53. The number of hydrogen-bond donors (Lipinski definition) is 2. The minimum absolute atomic E-state index is 0.178.